The molecule has 0 aromatic heterocycles. The molecule has 11 nitrogen and oxygen atoms in total. The molecule has 2 rings (SSSR count). The summed E-state index contributed by atoms with van der Waals surface area (Å²) in [6.07, 6.45) is -0.283. The fourth-order valence-corrected chi connectivity index (χ4v) is 3.76. The molecule has 5 atom stereocenters. The van der Waals surface area contributed by atoms with Gasteiger partial charge in [0.05, 0.1) is 6.10 Å². The number of phenols is 1. The van der Waals surface area contributed by atoms with Crippen LogP contribution in [0.2, 0.25) is 0 Å². The number of hydrogen-bond donors (Lipinski definition) is 7. The fourth-order valence-electron chi connectivity index (χ4n) is 3.51. The zero-order valence-corrected chi connectivity index (χ0v) is 19.1. The third-order valence-electron chi connectivity index (χ3n) is 5.45. The van der Waals surface area contributed by atoms with Crippen LogP contribution in [-0.2, 0) is 25.6 Å². The van der Waals surface area contributed by atoms with Crippen molar-refractivity contribution in [3.05, 3.63) is 29.8 Å². The molecule has 0 spiro atoms. The van der Waals surface area contributed by atoms with Gasteiger partial charge in [-0.1, -0.05) is 12.1 Å². The Morgan fingerprint density at radius 3 is 2.30 bits per heavy atom. The number of carboxylic acids is 1. The van der Waals surface area contributed by atoms with Crippen LogP contribution in [0.5, 0.6) is 5.75 Å². The Bertz CT molecular complexity index is 865. The molecule has 1 fully saturated rings. The largest absolute Gasteiger partial charge is 0.508 e. The van der Waals surface area contributed by atoms with Gasteiger partial charge in [0.15, 0.2) is 0 Å². The molecule has 1 aliphatic rings. The first kappa shape index (κ1) is 26.4. The highest BCUT2D eigenvalue weighted by Crippen LogP contribution is 2.19. The monoisotopic (exact) mass is 482 g/mol. The Balaban J connectivity index is 2.18. The Morgan fingerprint density at radius 1 is 1.15 bits per heavy atom. The van der Waals surface area contributed by atoms with Crippen molar-refractivity contribution in [3.8, 4) is 5.75 Å². The summed E-state index contributed by atoms with van der Waals surface area (Å²) in [6.45, 7) is 1.59. The molecule has 1 aromatic carbocycles. The zero-order chi connectivity index (χ0) is 24.7. The van der Waals surface area contributed by atoms with Crippen LogP contribution in [0.3, 0.4) is 0 Å². The predicted molar refractivity (Wildman–Crippen MR) is 122 cm³/mol. The minimum atomic E-state index is -1.27. The van der Waals surface area contributed by atoms with Crippen molar-refractivity contribution >= 4 is 36.3 Å². The summed E-state index contributed by atoms with van der Waals surface area (Å²) in [6, 6.07) is 1.48. The number of nitrogens with zero attached hydrogens (tertiary/aromatic N) is 1. The van der Waals surface area contributed by atoms with E-state index in [2.05, 4.69) is 23.3 Å². The number of hydrogen-bond acceptors (Lipinski definition) is 8. The smallest absolute Gasteiger partial charge is 0.326 e. The summed E-state index contributed by atoms with van der Waals surface area (Å²) in [5.74, 6) is -3.20. The van der Waals surface area contributed by atoms with Crippen molar-refractivity contribution < 1.29 is 34.5 Å². The van der Waals surface area contributed by atoms with Crippen LogP contribution in [0.1, 0.15) is 25.3 Å². The molecule has 1 heterocycles. The summed E-state index contributed by atoms with van der Waals surface area (Å²) in [7, 11) is 0. The van der Waals surface area contributed by atoms with E-state index in [1.807, 2.05) is 0 Å². The molecule has 12 heteroatoms. The van der Waals surface area contributed by atoms with E-state index >= 15 is 0 Å². The number of carboxylic acid groups (broad SMARTS) is 1. The highest BCUT2D eigenvalue weighted by Gasteiger charge is 2.38. The van der Waals surface area contributed by atoms with Crippen molar-refractivity contribution in [1.82, 2.24) is 15.5 Å². The normalized spacial score (nSPS) is 19.3. The Hall–Kier alpha value is -2.83. The molecule has 1 saturated heterocycles. The summed E-state index contributed by atoms with van der Waals surface area (Å²) in [5.41, 5.74) is 6.28. The van der Waals surface area contributed by atoms with Gasteiger partial charge in [0.25, 0.3) is 0 Å². The van der Waals surface area contributed by atoms with Crippen LogP contribution < -0.4 is 16.4 Å². The molecular weight excluding hydrogens is 452 g/mol. The summed E-state index contributed by atoms with van der Waals surface area (Å²) >= 11 is 4.13. The number of carbonyl (C=O) groups is 4. The quantitative estimate of drug-likeness (QED) is 0.199. The average molecular weight is 483 g/mol. The first-order valence-electron chi connectivity index (χ1n) is 10.5. The van der Waals surface area contributed by atoms with Gasteiger partial charge in [0.1, 0.15) is 29.9 Å². The molecule has 3 amide bonds. The maximum Gasteiger partial charge on any atom is 0.326 e. The van der Waals surface area contributed by atoms with Gasteiger partial charge in [-0.2, -0.15) is 12.6 Å². The van der Waals surface area contributed by atoms with Gasteiger partial charge in [-0.15, -0.1) is 0 Å². The van der Waals surface area contributed by atoms with Gasteiger partial charge in [-0.3, -0.25) is 14.4 Å². The van der Waals surface area contributed by atoms with Crippen molar-refractivity contribution in [2.24, 2.45) is 5.73 Å². The Morgan fingerprint density at radius 2 is 1.76 bits per heavy atom. The number of aliphatic carboxylic acids is 1. The molecule has 5 unspecified atom stereocenters. The van der Waals surface area contributed by atoms with E-state index in [0.29, 0.717) is 18.4 Å². The van der Waals surface area contributed by atoms with Gasteiger partial charge < -0.3 is 36.6 Å². The number of likely N-dealkylation sites (tertiary alicyclic amines) is 1. The van der Waals surface area contributed by atoms with Gasteiger partial charge in [0.2, 0.25) is 17.7 Å². The van der Waals surface area contributed by atoms with Crippen molar-refractivity contribution in [1.29, 1.82) is 0 Å². The number of thiol groups is 1. The van der Waals surface area contributed by atoms with E-state index in [0.717, 1.165) is 0 Å². The van der Waals surface area contributed by atoms with Gasteiger partial charge >= 0.3 is 5.97 Å². The van der Waals surface area contributed by atoms with Gasteiger partial charge in [-0.25, -0.2) is 4.79 Å². The number of benzene rings is 1. The predicted octanol–water partition coefficient (Wildman–Crippen LogP) is -1.38. The van der Waals surface area contributed by atoms with Crippen LogP contribution in [-0.4, -0.2) is 86.5 Å². The highest BCUT2D eigenvalue weighted by atomic mass is 32.1. The standard InChI is InChI=1S/C21H30N4O7S/c1-11(26)17(22)19(29)23-14(9-12-4-6-13(27)7-5-12)18(28)24-15(10-33)20(30)25-8-2-3-16(25)21(31)32/h4-7,11,14-17,26-27,33H,2-3,8-10,22H2,1H3,(H,23,29)(H,24,28)(H,31,32). The summed E-state index contributed by atoms with van der Waals surface area (Å²) < 4.78 is 0. The molecule has 33 heavy (non-hydrogen) atoms. The molecule has 0 radical (unpaired) electrons. The summed E-state index contributed by atoms with van der Waals surface area (Å²) in [5, 5.41) is 33.4. The van der Waals surface area contributed by atoms with Crippen LogP contribution in [0, 0.1) is 0 Å². The van der Waals surface area contributed by atoms with Crippen LogP contribution in [0.4, 0.5) is 0 Å². The number of amides is 3. The Labute approximate surface area is 196 Å². The highest BCUT2D eigenvalue weighted by molar-refractivity contribution is 7.80. The molecule has 0 aliphatic carbocycles. The molecule has 0 bridgehead atoms. The number of aromatic hydroxyl groups is 1. The van der Waals surface area contributed by atoms with Crippen molar-refractivity contribution in [3.63, 3.8) is 0 Å². The van der Waals surface area contributed by atoms with Gasteiger partial charge in [-0.05, 0) is 37.5 Å². The summed E-state index contributed by atoms with van der Waals surface area (Å²) in [4.78, 5) is 51.0. The maximum absolute atomic E-state index is 13.0. The van der Waals surface area contributed by atoms with E-state index in [1.165, 1.54) is 24.0 Å². The maximum atomic E-state index is 13.0. The minimum absolute atomic E-state index is 0.0132. The molecule has 1 aromatic rings. The third-order valence-corrected chi connectivity index (χ3v) is 5.81. The SMILES string of the molecule is CC(O)C(N)C(=O)NC(Cc1ccc(O)cc1)C(=O)NC(CS)C(=O)N1CCCC1C(=O)O. The lowest BCUT2D eigenvalue weighted by molar-refractivity contribution is -0.149. The second kappa shape index (κ2) is 11.9. The molecule has 7 N–H and O–H groups in total. The molecular formula is C21H30N4O7S. The molecule has 1 aliphatic heterocycles. The molecule has 182 valence electrons. The lowest BCUT2D eigenvalue weighted by Crippen LogP contribution is -2.59. The van der Waals surface area contributed by atoms with E-state index in [1.54, 1.807) is 12.1 Å². The Kier molecular flexibility index (Phi) is 9.50. The average Bonchev–Trinajstić information content (AvgIpc) is 3.27. The molecule has 0 saturated carbocycles. The van der Waals surface area contributed by atoms with Crippen molar-refractivity contribution in [2.45, 2.75) is 56.5 Å². The first-order valence-corrected chi connectivity index (χ1v) is 11.1. The zero-order valence-electron chi connectivity index (χ0n) is 18.2. The van der Waals surface area contributed by atoms with Crippen LogP contribution in [0.25, 0.3) is 0 Å². The third kappa shape index (κ3) is 7.07. The number of nitrogens with two attached hydrogens (primary N) is 1. The van der Waals surface area contributed by atoms with Crippen LogP contribution >= 0.6 is 12.6 Å². The van der Waals surface area contributed by atoms with Crippen LogP contribution in [0.15, 0.2) is 24.3 Å². The van der Waals surface area contributed by atoms with Crippen molar-refractivity contribution in [2.75, 3.05) is 12.3 Å². The first-order chi connectivity index (χ1) is 15.5. The lowest BCUT2D eigenvalue weighted by Gasteiger charge is -2.28. The second-order valence-corrected chi connectivity index (χ2v) is 8.33. The number of nitrogens with one attached hydrogen (secondary N) is 2. The fraction of sp³-hybridized carbons (Fsp3) is 0.524. The number of rotatable bonds is 10. The van der Waals surface area contributed by atoms with E-state index in [-0.39, 0.29) is 24.5 Å². The van der Waals surface area contributed by atoms with E-state index in [9.17, 15) is 34.5 Å². The van der Waals surface area contributed by atoms with E-state index in [4.69, 9.17) is 5.73 Å². The number of phenolic OH excluding ortho intramolecular Hbond substituents is 1. The second-order valence-electron chi connectivity index (χ2n) is 7.97. The minimum Gasteiger partial charge on any atom is -0.508 e. The number of carbonyl (C=O) groups excluding carboxylic acids is 3. The number of aliphatic hydroxyl groups excluding tert-OH is 1. The lowest BCUT2D eigenvalue weighted by atomic mass is 10.0. The topological polar surface area (TPSA) is 182 Å². The van der Waals surface area contributed by atoms with Gasteiger partial charge in [0, 0.05) is 18.7 Å². The van der Waals surface area contributed by atoms with E-state index < -0.39 is 54.0 Å². The number of aliphatic hydroxyl groups is 1.